The highest BCUT2D eigenvalue weighted by Crippen LogP contribution is 2.38. The molecule has 2 N–H and O–H groups in total. The molecule has 33 heavy (non-hydrogen) atoms. The van der Waals surface area contributed by atoms with Crippen molar-refractivity contribution in [2.24, 2.45) is 0 Å². The largest absolute Gasteiger partial charge is 0.480 e. The molecule has 0 radical (unpaired) electrons. The number of methoxy groups -OCH3 is 1. The van der Waals surface area contributed by atoms with Crippen LogP contribution in [0, 0.1) is 0 Å². The van der Waals surface area contributed by atoms with E-state index in [9.17, 15) is 9.59 Å². The Labute approximate surface area is 189 Å². The van der Waals surface area contributed by atoms with Crippen molar-refractivity contribution < 1.29 is 14.3 Å². The second kappa shape index (κ2) is 8.54. The number of carbonyl (C=O) groups is 2. The van der Waals surface area contributed by atoms with Crippen LogP contribution in [0.3, 0.4) is 0 Å². The van der Waals surface area contributed by atoms with Crippen LogP contribution in [0.25, 0.3) is 11.3 Å². The number of ether oxygens (including phenoxy) is 1. The summed E-state index contributed by atoms with van der Waals surface area (Å²) in [6.45, 7) is -0.152. The van der Waals surface area contributed by atoms with Crippen LogP contribution in [-0.4, -0.2) is 38.7 Å². The predicted octanol–water partition coefficient (Wildman–Crippen LogP) is 2.82. The standard InChI is InChI=1S/C24H20N6O3/c1-33-24-17(10-6-12-26-24)27-18(31)14-30-22-19(21(29-30)15-7-3-2-4-8-15)20(28-23(22)32)16-9-5-11-25-13-16/h2-13,20H,14H2,1H3,(H,27,31)(H,28,32). The Morgan fingerprint density at radius 2 is 1.94 bits per heavy atom. The molecule has 0 saturated heterocycles. The summed E-state index contributed by atoms with van der Waals surface area (Å²) in [6.07, 6.45) is 4.97. The summed E-state index contributed by atoms with van der Waals surface area (Å²) in [6, 6.07) is 16.3. The summed E-state index contributed by atoms with van der Waals surface area (Å²) in [5.74, 6) is -0.347. The van der Waals surface area contributed by atoms with Gasteiger partial charge < -0.3 is 15.4 Å². The van der Waals surface area contributed by atoms with Gasteiger partial charge in [-0.05, 0) is 23.8 Å². The summed E-state index contributed by atoms with van der Waals surface area (Å²) in [4.78, 5) is 34.1. The molecule has 3 aromatic heterocycles. The molecule has 1 aromatic carbocycles. The van der Waals surface area contributed by atoms with E-state index in [-0.39, 0.29) is 18.4 Å². The molecule has 1 aliphatic rings. The summed E-state index contributed by atoms with van der Waals surface area (Å²) in [5.41, 5.74) is 3.86. The van der Waals surface area contributed by atoms with Gasteiger partial charge in [0.15, 0.2) is 0 Å². The second-order valence-corrected chi connectivity index (χ2v) is 7.44. The molecule has 5 rings (SSSR count). The van der Waals surface area contributed by atoms with Gasteiger partial charge in [-0.15, -0.1) is 0 Å². The number of benzene rings is 1. The summed E-state index contributed by atoms with van der Waals surface area (Å²) < 4.78 is 6.64. The van der Waals surface area contributed by atoms with Crippen molar-refractivity contribution in [3.8, 4) is 17.1 Å². The van der Waals surface area contributed by atoms with Crippen molar-refractivity contribution in [3.05, 3.63) is 90.0 Å². The van der Waals surface area contributed by atoms with E-state index in [1.807, 2.05) is 42.5 Å². The average molecular weight is 440 g/mol. The molecule has 9 heteroatoms. The van der Waals surface area contributed by atoms with Gasteiger partial charge in [-0.1, -0.05) is 36.4 Å². The first-order chi connectivity index (χ1) is 16.2. The normalized spacial score (nSPS) is 14.5. The fourth-order valence-corrected chi connectivity index (χ4v) is 3.96. The molecule has 0 spiro atoms. The van der Waals surface area contributed by atoms with Crippen LogP contribution in [0.15, 0.2) is 73.2 Å². The quantitative estimate of drug-likeness (QED) is 0.477. The summed E-state index contributed by atoms with van der Waals surface area (Å²) in [7, 11) is 1.48. The molecule has 0 saturated carbocycles. The number of nitrogens with one attached hydrogen (secondary N) is 2. The topological polar surface area (TPSA) is 111 Å². The number of hydrogen-bond acceptors (Lipinski definition) is 6. The number of carbonyl (C=O) groups excluding carboxylic acids is 2. The van der Waals surface area contributed by atoms with E-state index in [2.05, 4.69) is 25.7 Å². The Morgan fingerprint density at radius 3 is 2.70 bits per heavy atom. The molecule has 0 fully saturated rings. The van der Waals surface area contributed by atoms with Crippen molar-refractivity contribution in [1.82, 2.24) is 25.1 Å². The molecular weight excluding hydrogens is 420 g/mol. The molecule has 1 atom stereocenters. The fraction of sp³-hybridized carbons (Fsp3) is 0.125. The van der Waals surface area contributed by atoms with Crippen LogP contribution < -0.4 is 15.4 Å². The van der Waals surface area contributed by atoms with Crippen molar-refractivity contribution >= 4 is 17.5 Å². The van der Waals surface area contributed by atoms with Crippen LogP contribution in [-0.2, 0) is 11.3 Å². The van der Waals surface area contributed by atoms with E-state index in [4.69, 9.17) is 4.74 Å². The van der Waals surface area contributed by atoms with E-state index in [1.54, 1.807) is 30.7 Å². The number of amides is 2. The Balaban J connectivity index is 1.54. The van der Waals surface area contributed by atoms with Gasteiger partial charge in [0.25, 0.3) is 5.91 Å². The minimum Gasteiger partial charge on any atom is -0.480 e. The first kappa shape index (κ1) is 20.4. The van der Waals surface area contributed by atoms with Gasteiger partial charge in [0, 0.05) is 29.7 Å². The van der Waals surface area contributed by atoms with E-state index in [1.165, 1.54) is 11.8 Å². The molecule has 1 unspecified atom stereocenters. The van der Waals surface area contributed by atoms with Gasteiger partial charge in [0.2, 0.25) is 11.8 Å². The van der Waals surface area contributed by atoms with Gasteiger partial charge in [0.05, 0.1) is 18.8 Å². The Kier molecular flexibility index (Phi) is 5.27. The maximum atomic E-state index is 13.0. The van der Waals surface area contributed by atoms with E-state index >= 15 is 0 Å². The van der Waals surface area contributed by atoms with Crippen LogP contribution >= 0.6 is 0 Å². The number of fused-ring (bicyclic) bond motifs is 1. The molecule has 2 amide bonds. The smallest absolute Gasteiger partial charge is 0.270 e. The highest BCUT2D eigenvalue weighted by molar-refractivity contribution is 6.01. The molecule has 4 heterocycles. The molecular formula is C24H20N6O3. The van der Waals surface area contributed by atoms with E-state index in [0.717, 1.165) is 16.7 Å². The third kappa shape index (κ3) is 3.80. The van der Waals surface area contributed by atoms with E-state index < -0.39 is 6.04 Å². The molecule has 9 nitrogen and oxygen atoms in total. The highest BCUT2D eigenvalue weighted by Gasteiger charge is 2.38. The number of aromatic nitrogens is 4. The van der Waals surface area contributed by atoms with Crippen LogP contribution in [0.2, 0.25) is 0 Å². The van der Waals surface area contributed by atoms with Gasteiger partial charge in [0.1, 0.15) is 17.9 Å². The summed E-state index contributed by atoms with van der Waals surface area (Å²) >= 11 is 0. The Hall–Kier alpha value is -4.53. The Morgan fingerprint density at radius 1 is 1.12 bits per heavy atom. The number of anilines is 1. The van der Waals surface area contributed by atoms with Crippen LogP contribution in [0.1, 0.15) is 27.7 Å². The molecule has 164 valence electrons. The molecule has 4 aromatic rings. The maximum Gasteiger partial charge on any atom is 0.270 e. The lowest BCUT2D eigenvalue weighted by atomic mass is 9.98. The van der Waals surface area contributed by atoms with Crippen LogP contribution in [0.4, 0.5) is 5.69 Å². The number of pyridine rings is 2. The van der Waals surface area contributed by atoms with Crippen molar-refractivity contribution in [1.29, 1.82) is 0 Å². The zero-order valence-electron chi connectivity index (χ0n) is 17.7. The number of rotatable bonds is 6. The lowest BCUT2D eigenvalue weighted by Crippen LogP contribution is -2.26. The summed E-state index contributed by atoms with van der Waals surface area (Å²) in [5, 5.41) is 10.5. The van der Waals surface area contributed by atoms with Crippen LogP contribution in [0.5, 0.6) is 5.88 Å². The SMILES string of the molecule is COc1ncccc1NC(=O)Cn1nc(-c2ccccc2)c2c1C(=O)NC2c1cccnc1. The number of hydrogen-bond donors (Lipinski definition) is 2. The van der Waals surface area contributed by atoms with Crippen molar-refractivity contribution in [2.45, 2.75) is 12.6 Å². The first-order valence-electron chi connectivity index (χ1n) is 10.3. The first-order valence-corrected chi connectivity index (χ1v) is 10.3. The maximum absolute atomic E-state index is 13.0. The lowest BCUT2D eigenvalue weighted by molar-refractivity contribution is -0.116. The minimum absolute atomic E-state index is 0.152. The third-order valence-corrected chi connectivity index (χ3v) is 5.37. The molecule has 0 bridgehead atoms. The van der Waals surface area contributed by atoms with E-state index in [0.29, 0.717) is 23.0 Å². The molecule has 0 aliphatic carbocycles. The predicted molar refractivity (Wildman–Crippen MR) is 121 cm³/mol. The zero-order valence-corrected chi connectivity index (χ0v) is 17.7. The lowest BCUT2D eigenvalue weighted by Gasteiger charge is -2.12. The van der Waals surface area contributed by atoms with Gasteiger partial charge in [-0.3, -0.25) is 14.6 Å². The van der Waals surface area contributed by atoms with Gasteiger partial charge in [-0.2, -0.15) is 5.10 Å². The second-order valence-electron chi connectivity index (χ2n) is 7.44. The zero-order chi connectivity index (χ0) is 22.8. The third-order valence-electron chi connectivity index (χ3n) is 5.37. The minimum atomic E-state index is -0.411. The van der Waals surface area contributed by atoms with Gasteiger partial charge >= 0.3 is 0 Å². The monoisotopic (exact) mass is 440 g/mol. The van der Waals surface area contributed by atoms with Gasteiger partial charge in [-0.25, -0.2) is 9.67 Å². The average Bonchev–Trinajstić information content (AvgIpc) is 3.39. The highest BCUT2D eigenvalue weighted by atomic mass is 16.5. The Bertz CT molecular complexity index is 1320. The van der Waals surface area contributed by atoms with Crippen molar-refractivity contribution in [3.63, 3.8) is 0 Å². The fourth-order valence-electron chi connectivity index (χ4n) is 3.96. The number of nitrogens with zero attached hydrogens (tertiary/aromatic N) is 4. The molecule has 1 aliphatic heterocycles. The van der Waals surface area contributed by atoms with Crippen molar-refractivity contribution in [2.75, 3.05) is 12.4 Å².